The van der Waals surface area contributed by atoms with E-state index in [-0.39, 0.29) is 0 Å². The van der Waals surface area contributed by atoms with Crippen molar-refractivity contribution in [2.45, 2.75) is 19.5 Å². The quantitative estimate of drug-likeness (QED) is 0.611. The zero-order chi connectivity index (χ0) is 17.5. The molecule has 1 unspecified atom stereocenters. The maximum Gasteiger partial charge on any atom is 0.193 e. The zero-order valence-corrected chi connectivity index (χ0v) is 16.9. The molecule has 0 amide bonds. The Morgan fingerprint density at radius 2 is 1.88 bits per heavy atom. The molecule has 1 heterocycles. The van der Waals surface area contributed by atoms with Crippen molar-refractivity contribution in [1.29, 1.82) is 0 Å². The van der Waals surface area contributed by atoms with Gasteiger partial charge in [-0.1, -0.05) is 28.1 Å². The van der Waals surface area contributed by atoms with E-state index in [1.54, 1.807) is 0 Å². The van der Waals surface area contributed by atoms with E-state index in [4.69, 9.17) is 0 Å². The molecular formula is C18H30BrN5. The van der Waals surface area contributed by atoms with Gasteiger partial charge in [-0.25, -0.2) is 0 Å². The number of rotatable bonds is 5. The van der Waals surface area contributed by atoms with Crippen LogP contribution in [0.25, 0.3) is 0 Å². The number of hydrogen-bond acceptors (Lipinski definition) is 3. The minimum atomic E-state index is 0.511. The lowest BCUT2D eigenvalue weighted by Gasteiger charge is -2.37. The van der Waals surface area contributed by atoms with Gasteiger partial charge in [0.2, 0.25) is 0 Å². The van der Waals surface area contributed by atoms with Crippen LogP contribution in [-0.4, -0.2) is 80.6 Å². The van der Waals surface area contributed by atoms with Crippen LogP contribution >= 0.6 is 15.9 Å². The topological polar surface area (TPSA) is 34.1 Å². The van der Waals surface area contributed by atoms with Crippen LogP contribution in [0, 0.1) is 0 Å². The summed E-state index contributed by atoms with van der Waals surface area (Å²) in [7, 11) is 6.12. The highest BCUT2D eigenvalue weighted by Gasteiger charge is 2.19. The van der Waals surface area contributed by atoms with Crippen LogP contribution in [-0.2, 0) is 6.54 Å². The first-order valence-electron chi connectivity index (χ1n) is 8.58. The van der Waals surface area contributed by atoms with Gasteiger partial charge in [0.25, 0.3) is 0 Å². The molecule has 0 spiro atoms. The standard InChI is InChI=1S/C18H30BrN5/c1-15(24-11-9-22(3)10-12-24)13-21-18(20-2)23(4)14-16-5-7-17(19)8-6-16/h5-8,15H,9-14H2,1-4H3,(H,20,21). The van der Waals surface area contributed by atoms with Crippen molar-refractivity contribution in [3.05, 3.63) is 34.3 Å². The number of halogens is 1. The van der Waals surface area contributed by atoms with Crippen molar-refractivity contribution in [3.8, 4) is 0 Å². The van der Waals surface area contributed by atoms with E-state index in [0.717, 1.165) is 49.7 Å². The van der Waals surface area contributed by atoms with Gasteiger partial charge in [0.05, 0.1) is 0 Å². The molecule has 0 bridgehead atoms. The molecule has 6 heteroatoms. The highest BCUT2D eigenvalue weighted by Crippen LogP contribution is 2.12. The zero-order valence-electron chi connectivity index (χ0n) is 15.3. The normalized spacial score (nSPS) is 18.5. The van der Waals surface area contributed by atoms with Crippen LogP contribution in [0.2, 0.25) is 0 Å². The average Bonchev–Trinajstić information content (AvgIpc) is 2.58. The molecule has 1 fully saturated rings. The number of aliphatic imine (C=N–C) groups is 1. The molecule has 0 aromatic heterocycles. The second-order valence-corrected chi connectivity index (χ2v) is 7.51. The first kappa shape index (κ1) is 19.2. The number of guanidine groups is 1. The fourth-order valence-corrected chi connectivity index (χ4v) is 3.22. The van der Waals surface area contributed by atoms with Crippen molar-refractivity contribution in [2.75, 3.05) is 53.9 Å². The summed E-state index contributed by atoms with van der Waals surface area (Å²) in [5.74, 6) is 0.943. The predicted molar refractivity (Wildman–Crippen MR) is 106 cm³/mol. The lowest BCUT2D eigenvalue weighted by Crippen LogP contribution is -2.52. The minimum Gasteiger partial charge on any atom is -0.355 e. The number of benzene rings is 1. The summed E-state index contributed by atoms with van der Waals surface area (Å²) >= 11 is 3.48. The van der Waals surface area contributed by atoms with E-state index < -0.39 is 0 Å². The van der Waals surface area contributed by atoms with E-state index >= 15 is 0 Å². The number of likely N-dealkylation sites (N-methyl/N-ethyl adjacent to an activating group) is 1. The molecule has 0 aliphatic carbocycles. The second-order valence-electron chi connectivity index (χ2n) is 6.60. The lowest BCUT2D eigenvalue weighted by atomic mass is 10.2. The van der Waals surface area contributed by atoms with Crippen LogP contribution in [0.3, 0.4) is 0 Å². The minimum absolute atomic E-state index is 0.511. The maximum atomic E-state index is 4.43. The predicted octanol–water partition coefficient (Wildman–Crippen LogP) is 2.09. The van der Waals surface area contributed by atoms with Gasteiger partial charge in [0.1, 0.15) is 0 Å². The van der Waals surface area contributed by atoms with Crippen LogP contribution < -0.4 is 5.32 Å². The average molecular weight is 396 g/mol. The Kier molecular flexibility index (Phi) is 7.52. The third-order valence-corrected chi connectivity index (χ3v) is 5.15. The Morgan fingerprint density at radius 1 is 1.25 bits per heavy atom. The monoisotopic (exact) mass is 395 g/mol. The first-order valence-corrected chi connectivity index (χ1v) is 9.37. The summed E-state index contributed by atoms with van der Waals surface area (Å²) in [4.78, 5) is 11.5. The second kappa shape index (κ2) is 9.39. The number of nitrogens with one attached hydrogen (secondary N) is 1. The summed E-state index contributed by atoms with van der Waals surface area (Å²) in [6.07, 6.45) is 0. The van der Waals surface area contributed by atoms with E-state index in [9.17, 15) is 0 Å². The van der Waals surface area contributed by atoms with Crippen molar-refractivity contribution >= 4 is 21.9 Å². The molecule has 1 aromatic rings. The van der Waals surface area contributed by atoms with Gasteiger partial charge in [-0.15, -0.1) is 0 Å². The molecule has 1 saturated heterocycles. The van der Waals surface area contributed by atoms with Gasteiger partial charge >= 0.3 is 0 Å². The van der Waals surface area contributed by atoms with Gasteiger partial charge in [-0.3, -0.25) is 9.89 Å². The lowest BCUT2D eigenvalue weighted by molar-refractivity contribution is 0.119. The maximum absolute atomic E-state index is 4.43. The number of hydrogen-bond donors (Lipinski definition) is 1. The van der Waals surface area contributed by atoms with Crippen LogP contribution in [0.1, 0.15) is 12.5 Å². The Balaban J connectivity index is 1.81. The van der Waals surface area contributed by atoms with E-state index in [1.165, 1.54) is 5.56 Å². The molecule has 2 rings (SSSR count). The molecule has 0 radical (unpaired) electrons. The third-order valence-electron chi connectivity index (χ3n) is 4.62. The van der Waals surface area contributed by atoms with Crippen LogP contribution in [0.5, 0.6) is 0 Å². The van der Waals surface area contributed by atoms with Crippen molar-refractivity contribution in [1.82, 2.24) is 20.0 Å². The van der Waals surface area contributed by atoms with Crippen molar-refractivity contribution in [3.63, 3.8) is 0 Å². The van der Waals surface area contributed by atoms with Crippen molar-refractivity contribution < 1.29 is 0 Å². The number of nitrogens with zero attached hydrogens (tertiary/aromatic N) is 4. The SMILES string of the molecule is CN=C(NCC(C)N1CCN(C)CC1)N(C)Cc1ccc(Br)cc1. The highest BCUT2D eigenvalue weighted by molar-refractivity contribution is 9.10. The molecule has 1 aliphatic rings. The third kappa shape index (κ3) is 5.76. The van der Waals surface area contributed by atoms with Crippen LogP contribution in [0.15, 0.2) is 33.7 Å². The van der Waals surface area contributed by atoms with E-state index in [1.807, 2.05) is 7.05 Å². The van der Waals surface area contributed by atoms with Gasteiger partial charge in [0, 0.05) is 63.9 Å². The van der Waals surface area contributed by atoms with E-state index in [0.29, 0.717) is 6.04 Å². The Bertz CT molecular complexity index is 523. The van der Waals surface area contributed by atoms with Crippen molar-refractivity contribution in [2.24, 2.45) is 4.99 Å². The molecule has 24 heavy (non-hydrogen) atoms. The van der Waals surface area contributed by atoms with E-state index in [2.05, 4.69) is 86.2 Å². The summed E-state index contributed by atoms with van der Waals surface area (Å²) in [5, 5.41) is 3.52. The molecule has 1 aromatic carbocycles. The molecule has 5 nitrogen and oxygen atoms in total. The van der Waals surface area contributed by atoms with Gasteiger partial charge in [-0.05, 0) is 31.7 Å². The number of piperazine rings is 1. The summed E-state index contributed by atoms with van der Waals surface area (Å²) in [6, 6.07) is 8.95. The smallest absolute Gasteiger partial charge is 0.193 e. The van der Waals surface area contributed by atoms with Gasteiger partial charge < -0.3 is 15.1 Å². The molecular weight excluding hydrogens is 366 g/mol. The highest BCUT2D eigenvalue weighted by atomic mass is 79.9. The Labute approximate surface area is 154 Å². The van der Waals surface area contributed by atoms with Gasteiger partial charge in [-0.2, -0.15) is 0 Å². The fraction of sp³-hybridized carbons (Fsp3) is 0.611. The summed E-state index contributed by atoms with van der Waals surface area (Å²) in [5.41, 5.74) is 1.27. The molecule has 0 saturated carbocycles. The van der Waals surface area contributed by atoms with Gasteiger partial charge in [0.15, 0.2) is 5.96 Å². The summed E-state index contributed by atoms with van der Waals surface area (Å²) < 4.78 is 1.11. The largest absolute Gasteiger partial charge is 0.355 e. The Hall–Kier alpha value is -1.11. The molecule has 1 atom stereocenters. The molecule has 1 aliphatic heterocycles. The molecule has 1 N–H and O–H groups in total. The first-order chi connectivity index (χ1) is 11.5. The molecule has 134 valence electrons. The Morgan fingerprint density at radius 3 is 2.46 bits per heavy atom. The van der Waals surface area contributed by atoms with Crippen LogP contribution in [0.4, 0.5) is 0 Å². The fourth-order valence-electron chi connectivity index (χ4n) is 2.95. The summed E-state index contributed by atoms with van der Waals surface area (Å²) in [6.45, 7) is 8.65.